The lowest BCUT2D eigenvalue weighted by molar-refractivity contribution is 0.0687. The normalized spacial score (nSPS) is 12.5. The molecule has 0 saturated carbocycles. The van der Waals surface area contributed by atoms with Crippen LogP contribution < -0.4 is 9.47 Å². The average Bonchev–Trinajstić information content (AvgIpc) is 2.56. The highest BCUT2D eigenvalue weighted by molar-refractivity contribution is 7.16. The molecule has 1 aliphatic rings. The van der Waals surface area contributed by atoms with Gasteiger partial charge in [0, 0.05) is 0 Å². The number of carboxylic acid groups (broad SMARTS) is 2. The molecule has 0 unspecified atom stereocenters. The summed E-state index contributed by atoms with van der Waals surface area (Å²) in [5.74, 6) is -2.62. The smallest absolute Gasteiger partial charge is 0.349 e. The molecule has 15 heavy (non-hydrogen) atoms. The van der Waals surface area contributed by atoms with Crippen LogP contribution in [0.4, 0.5) is 0 Å². The van der Waals surface area contributed by atoms with E-state index in [-0.39, 0.29) is 21.3 Å². The summed E-state index contributed by atoms with van der Waals surface area (Å²) in [5, 5.41) is 17.6. The summed E-state index contributed by atoms with van der Waals surface area (Å²) in [7, 11) is 0. The fourth-order valence-corrected chi connectivity index (χ4v) is 1.93. The number of carboxylic acids is 2. The monoisotopic (exact) mass is 228 g/mol. The summed E-state index contributed by atoms with van der Waals surface area (Å²) in [6.45, 7) is 0. The third-order valence-electron chi connectivity index (χ3n) is 1.64. The Labute approximate surface area is 87.0 Å². The van der Waals surface area contributed by atoms with Crippen molar-refractivity contribution in [3.63, 3.8) is 0 Å². The summed E-state index contributed by atoms with van der Waals surface area (Å²) in [6.07, 6.45) is 2.29. The maximum absolute atomic E-state index is 10.8. The second kappa shape index (κ2) is 3.28. The van der Waals surface area contributed by atoms with Gasteiger partial charge in [-0.25, -0.2) is 9.59 Å². The predicted molar refractivity (Wildman–Crippen MR) is 48.6 cm³/mol. The van der Waals surface area contributed by atoms with E-state index in [9.17, 15) is 9.59 Å². The van der Waals surface area contributed by atoms with Crippen molar-refractivity contribution in [3.8, 4) is 11.5 Å². The average molecular weight is 228 g/mol. The van der Waals surface area contributed by atoms with E-state index in [1.165, 1.54) is 0 Å². The highest BCUT2D eigenvalue weighted by Crippen LogP contribution is 2.44. The van der Waals surface area contributed by atoms with Gasteiger partial charge in [0.05, 0.1) is 0 Å². The van der Waals surface area contributed by atoms with Crippen molar-refractivity contribution in [1.82, 2.24) is 0 Å². The molecule has 0 fully saturated rings. The van der Waals surface area contributed by atoms with Crippen LogP contribution in [0.15, 0.2) is 12.5 Å². The van der Waals surface area contributed by atoms with Crippen molar-refractivity contribution in [2.75, 3.05) is 0 Å². The van der Waals surface area contributed by atoms with Gasteiger partial charge in [-0.1, -0.05) is 0 Å². The minimum absolute atomic E-state index is 0.0626. The number of aromatic carboxylic acids is 2. The van der Waals surface area contributed by atoms with Crippen LogP contribution >= 0.6 is 11.3 Å². The second-order valence-electron chi connectivity index (χ2n) is 2.54. The first kappa shape index (κ1) is 9.53. The van der Waals surface area contributed by atoms with Crippen molar-refractivity contribution in [1.29, 1.82) is 0 Å². The van der Waals surface area contributed by atoms with Gasteiger partial charge in [0.1, 0.15) is 12.5 Å². The van der Waals surface area contributed by atoms with Gasteiger partial charge < -0.3 is 19.7 Å². The topological polar surface area (TPSA) is 93.1 Å². The molecule has 1 aliphatic heterocycles. The van der Waals surface area contributed by atoms with E-state index < -0.39 is 11.9 Å². The highest BCUT2D eigenvalue weighted by Gasteiger charge is 2.29. The van der Waals surface area contributed by atoms with Crippen molar-refractivity contribution in [2.24, 2.45) is 0 Å². The minimum Gasteiger partial charge on any atom is -0.477 e. The molecule has 2 N–H and O–H groups in total. The van der Waals surface area contributed by atoms with Gasteiger partial charge >= 0.3 is 11.9 Å². The number of ether oxygens (including phenoxy) is 2. The van der Waals surface area contributed by atoms with Gasteiger partial charge in [-0.05, 0) is 0 Å². The Morgan fingerprint density at radius 1 is 1.00 bits per heavy atom. The summed E-state index contributed by atoms with van der Waals surface area (Å²) in [6, 6.07) is 0. The highest BCUT2D eigenvalue weighted by atomic mass is 32.1. The third kappa shape index (κ3) is 1.42. The lowest BCUT2D eigenvalue weighted by Crippen LogP contribution is -2.01. The molecule has 1 aromatic heterocycles. The summed E-state index contributed by atoms with van der Waals surface area (Å²) in [4.78, 5) is 21.2. The second-order valence-corrected chi connectivity index (χ2v) is 3.56. The molecule has 2 heterocycles. The van der Waals surface area contributed by atoms with Crippen LogP contribution in [0.25, 0.3) is 0 Å². The molecule has 0 bridgehead atoms. The first-order valence-corrected chi connectivity index (χ1v) is 4.54. The molecule has 0 saturated heterocycles. The standard InChI is InChI=1S/C8H4O6S/c9-7(10)5-3-4(14-2-1-13-3)6(15-5)8(11)12/h1-2H,(H,9,10)(H,11,12). The Bertz CT molecular complexity index is 431. The third-order valence-corrected chi connectivity index (χ3v) is 2.77. The van der Waals surface area contributed by atoms with E-state index in [0.717, 1.165) is 12.5 Å². The molecule has 6 nitrogen and oxygen atoms in total. The fourth-order valence-electron chi connectivity index (χ4n) is 1.09. The van der Waals surface area contributed by atoms with Crippen molar-refractivity contribution < 1.29 is 29.3 Å². The maximum Gasteiger partial charge on any atom is 0.349 e. The molecule has 78 valence electrons. The van der Waals surface area contributed by atoms with Crippen LogP contribution in [-0.2, 0) is 0 Å². The molecule has 2 rings (SSSR count). The van der Waals surface area contributed by atoms with Crippen LogP contribution in [-0.4, -0.2) is 22.2 Å². The first-order valence-electron chi connectivity index (χ1n) is 3.73. The lowest BCUT2D eigenvalue weighted by atomic mass is 10.3. The molecule has 1 aromatic rings. The van der Waals surface area contributed by atoms with Crippen LogP contribution in [0.5, 0.6) is 11.5 Å². The number of thiophene rings is 1. The van der Waals surface area contributed by atoms with E-state index in [1.54, 1.807) is 0 Å². The van der Waals surface area contributed by atoms with Gasteiger partial charge in [-0.15, -0.1) is 11.3 Å². The van der Waals surface area contributed by atoms with E-state index >= 15 is 0 Å². The number of hydrogen-bond donors (Lipinski definition) is 2. The molecule has 0 aliphatic carbocycles. The minimum atomic E-state index is -1.25. The summed E-state index contributed by atoms with van der Waals surface area (Å²) >= 11 is 0.602. The van der Waals surface area contributed by atoms with Crippen molar-refractivity contribution in [2.45, 2.75) is 0 Å². The largest absolute Gasteiger partial charge is 0.477 e. The number of fused-ring (bicyclic) bond motifs is 1. The molecule has 0 spiro atoms. The molecule has 0 aromatic carbocycles. The zero-order chi connectivity index (χ0) is 11.0. The predicted octanol–water partition coefficient (Wildman–Crippen LogP) is 1.39. The van der Waals surface area contributed by atoms with Gasteiger partial charge in [-0.3, -0.25) is 0 Å². The van der Waals surface area contributed by atoms with E-state index in [1.807, 2.05) is 0 Å². The fraction of sp³-hybridized carbons (Fsp3) is 0. The number of hydrogen-bond acceptors (Lipinski definition) is 5. The molecular formula is C8H4O6S. The zero-order valence-corrected chi connectivity index (χ0v) is 7.91. The van der Waals surface area contributed by atoms with Gasteiger partial charge in [0.25, 0.3) is 0 Å². The summed E-state index contributed by atoms with van der Waals surface area (Å²) in [5.41, 5.74) is 0. The van der Waals surface area contributed by atoms with E-state index in [0.29, 0.717) is 11.3 Å². The summed E-state index contributed by atoms with van der Waals surface area (Å²) < 4.78 is 9.81. The SMILES string of the molecule is O=C(O)c1sc(C(=O)O)c2c1OC=CO2. The Morgan fingerprint density at radius 3 is 1.73 bits per heavy atom. The molecule has 0 amide bonds. The number of rotatable bonds is 2. The van der Waals surface area contributed by atoms with E-state index in [4.69, 9.17) is 19.7 Å². The van der Waals surface area contributed by atoms with Crippen molar-refractivity contribution in [3.05, 3.63) is 22.3 Å². The van der Waals surface area contributed by atoms with Crippen LogP contribution in [0.2, 0.25) is 0 Å². The Hall–Kier alpha value is -2.02. The van der Waals surface area contributed by atoms with Crippen LogP contribution in [0.3, 0.4) is 0 Å². The first-order chi connectivity index (χ1) is 7.11. The Balaban J connectivity index is 2.62. The number of carbonyl (C=O) groups is 2. The van der Waals surface area contributed by atoms with Crippen molar-refractivity contribution >= 4 is 23.3 Å². The quantitative estimate of drug-likeness (QED) is 0.794. The molecule has 0 atom stereocenters. The maximum atomic E-state index is 10.8. The molecule has 7 heteroatoms. The van der Waals surface area contributed by atoms with Crippen LogP contribution in [0, 0.1) is 0 Å². The van der Waals surface area contributed by atoms with Crippen LogP contribution in [0.1, 0.15) is 19.3 Å². The Morgan fingerprint density at radius 2 is 1.40 bits per heavy atom. The van der Waals surface area contributed by atoms with Gasteiger partial charge in [0.2, 0.25) is 0 Å². The zero-order valence-electron chi connectivity index (χ0n) is 7.09. The van der Waals surface area contributed by atoms with Gasteiger partial charge in [-0.2, -0.15) is 0 Å². The van der Waals surface area contributed by atoms with E-state index in [2.05, 4.69) is 0 Å². The van der Waals surface area contributed by atoms with Gasteiger partial charge in [0.15, 0.2) is 21.3 Å². The lowest BCUT2D eigenvalue weighted by Gasteiger charge is -2.08. The molecule has 0 radical (unpaired) electrons. The Kier molecular flexibility index (Phi) is 2.09. The molecular weight excluding hydrogens is 224 g/mol.